The first kappa shape index (κ1) is 41.1. The number of aryl methyl sites for hydroxylation is 1. The van der Waals surface area contributed by atoms with Gasteiger partial charge in [0.2, 0.25) is 21.8 Å². The summed E-state index contributed by atoms with van der Waals surface area (Å²) in [6.07, 6.45) is 2.86. The molecule has 3 fully saturated rings. The molecule has 7 rings (SSSR count). The topological polar surface area (TPSA) is 207 Å². The van der Waals surface area contributed by atoms with Crippen LogP contribution in [-0.4, -0.2) is 103 Å². The van der Waals surface area contributed by atoms with Crippen molar-refractivity contribution in [3.63, 3.8) is 0 Å². The molecule has 3 N–H and O–H groups in total. The summed E-state index contributed by atoms with van der Waals surface area (Å²) in [5.74, 6) is -3.72. The molecule has 58 heavy (non-hydrogen) atoms. The van der Waals surface area contributed by atoms with Crippen LogP contribution in [0.1, 0.15) is 64.9 Å². The Bertz CT molecular complexity index is 2380. The van der Waals surface area contributed by atoms with Gasteiger partial charge in [-0.2, -0.15) is 0 Å². The van der Waals surface area contributed by atoms with E-state index in [0.717, 1.165) is 11.1 Å². The predicted molar refractivity (Wildman–Crippen MR) is 216 cm³/mol. The number of nitrogens with zero attached hydrogens (tertiary/aromatic N) is 2. The van der Waals surface area contributed by atoms with Crippen LogP contribution in [0.15, 0.2) is 66.7 Å². The first-order valence-corrected chi connectivity index (χ1v) is 22.9. The van der Waals surface area contributed by atoms with Crippen LogP contribution in [0.25, 0.3) is 22.2 Å². The molecule has 0 bridgehead atoms. The quantitative estimate of drug-likeness (QED) is 0.293. The maximum absolute atomic E-state index is 14.6. The molecule has 3 aromatic rings. The fraction of sp³-hybridized carbons (Fsp3) is 0.488. The lowest BCUT2D eigenvalue weighted by molar-refractivity contribution is -0.140. The van der Waals surface area contributed by atoms with E-state index in [9.17, 15) is 36.0 Å². The van der Waals surface area contributed by atoms with Crippen LogP contribution in [0.3, 0.4) is 0 Å². The van der Waals surface area contributed by atoms with Crippen LogP contribution < -0.4 is 20.1 Å². The smallest absolute Gasteiger partial charge is 0.408 e. The number of sulfone groups is 1. The number of nitrogens with one attached hydrogen (secondary N) is 3. The molecule has 0 radical (unpaired) electrons. The summed E-state index contributed by atoms with van der Waals surface area (Å²) >= 11 is 0. The van der Waals surface area contributed by atoms with Gasteiger partial charge in [0.15, 0.2) is 9.84 Å². The van der Waals surface area contributed by atoms with Crippen molar-refractivity contribution in [2.45, 2.75) is 101 Å². The van der Waals surface area contributed by atoms with Gasteiger partial charge in [-0.25, -0.2) is 26.6 Å². The van der Waals surface area contributed by atoms with E-state index < -0.39 is 89.9 Å². The van der Waals surface area contributed by atoms with Crippen molar-refractivity contribution < 1.29 is 45.5 Å². The first-order chi connectivity index (χ1) is 27.3. The van der Waals surface area contributed by atoms with Gasteiger partial charge in [-0.1, -0.05) is 48.6 Å². The number of hydrogen-bond donors (Lipinski definition) is 3. The largest absolute Gasteiger partial charge is 0.488 e. The number of sulfonamides is 1. The summed E-state index contributed by atoms with van der Waals surface area (Å²) in [4.78, 5) is 62.1. The number of allylic oxidation sites excluding steroid dienone is 1. The molecule has 2 aliphatic carbocycles. The van der Waals surface area contributed by atoms with Gasteiger partial charge in [-0.15, -0.1) is 0 Å². The zero-order chi connectivity index (χ0) is 41.6. The molecule has 3 heterocycles. The van der Waals surface area contributed by atoms with Gasteiger partial charge in [0.25, 0.3) is 5.91 Å². The predicted octanol–water partition coefficient (Wildman–Crippen LogP) is 3.70. The number of carbonyl (C=O) groups excluding carboxylic acids is 4. The fourth-order valence-corrected chi connectivity index (χ4v) is 10.4. The summed E-state index contributed by atoms with van der Waals surface area (Å²) in [7, 11) is -7.92. The van der Waals surface area contributed by atoms with E-state index in [0.29, 0.717) is 41.6 Å². The van der Waals surface area contributed by atoms with Gasteiger partial charge in [0, 0.05) is 29.4 Å². The zero-order valence-electron chi connectivity index (χ0n) is 32.9. The second kappa shape index (κ2) is 15.6. The van der Waals surface area contributed by atoms with E-state index >= 15 is 0 Å². The van der Waals surface area contributed by atoms with Gasteiger partial charge < -0.3 is 25.0 Å². The summed E-state index contributed by atoms with van der Waals surface area (Å²) in [6, 6.07) is 14.0. The molecule has 2 saturated carbocycles. The fourth-order valence-electron chi connectivity index (χ4n) is 7.53. The Labute approximate surface area is 338 Å². The minimum atomic E-state index is -3.97. The summed E-state index contributed by atoms with van der Waals surface area (Å²) in [6.45, 7) is 6.62. The second-order valence-electron chi connectivity index (χ2n) is 16.7. The highest BCUT2D eigenvalue weighted by Gasteiger charge is 2.62. The molecule has 1 aromatic heterocycles. The molecule has 1 unspecified atom stereocenters. The Morgan fingerprint density at radius 3 is 2.50 bits per heavy atom. The molecule has 5 atom stereocenters. The summed E-state index contributed by atoms with van der Waals surface area (Å²) in [5, 5.41) is 5.25. The third-order valence-corrected chi connectivity index (χ3v) is 14.3. The number of pyridine rings is 1. The Morgan fingerprint density at radius 1 is 1.05 bits per heavy atom. The molecular weight excluding hydrogens is 787 g/mol. The lowest BCUT2D eigenvalue weighted by Crippen LogP contribution is -2.59. The van der Waals surface area contributed by atoms with E-state index in [1.54, 1.807) is 39.0 Å². The van der Waals surface area contributed by atoms with Crippen LogP contribution in [0.4, 0.5) is 4.79 Å². The van der Waals surface area contributed by atoms with Crippen molar-refractivity contribution in [1.29, 1.82) is 0 Å². The maximum atomic E-state index is 14.6. The molecule has 310 valence electrons. The zero-order valence-corrected chi connectivity index (χ0v) is 34.5. The van der Waals surface area contributed by atoms with Crippen LogP contribution in [-0.2, 0) is 39.0 Å². The van der Waals surface area contributed by atoms with Crippen molar-refractivity contribution in [3.8, 4) is 17.0 Å². The van der Waals surface area contributed by atoms with Gasteiger partial charge in [0.05, 0.1) is 34.5 Å². The molecule has 4 aliphatic rings. The van der Waals surface area contributed by atoms with E-state index in [-0.39, 0.29) is 31.6 Å². The van der Waals surface area contributed by atoms with Gasteiger partial charge in [-0.05, 0) is 77.5 Å². The number of alkyl carbamates (subject to hydrolysis) is 1. The van der Waals surface area contributed by atoms with Crippen molar-refractivity contribution in [2.75, 3.05) is 18.1 Å². The summed E-state index contributed by atoms with van der Waals surface area (Å²) < 4.78 is 67.0. The molecule has 1 saturated heterocycles. The van der Waals surface area contributed by atoms with Crippen molar-refractivity contribution in [1.82, 2.24) is 25.2 Å². The lowest BCUT2D eigenvalue weighted by atomic mass is 10.1. The van der Waals surface area contributed by atoms with Crippen molar-refractivity contribution in [2.24, 2.45) is 5.92 Å². The minimum Gasteiger partial charge on any atom is -0.488 e. The Balaban J connectivity index is 1.26. The van der Waals surface area contributed by atoms with E-state index in [2.05, 4.69) is 15.4 Å². The Kier molecular flexibility index (Phi) is 11.1. The SMILES string of the molecule is Cc1ccc2c(O[C@@H]3C[C@H]4C(=O)N[C@]5(C(=O)NS(=O)(=O)C6CC6)CC5/C=C\CCCS(=O)(=O)C[C@H](NC(=O)OC(C)(C)C)C(=O)N4C3)cc(-c3ccccc3)nc2c1. The summed E-state index contributed by atoms with van der Waals surface area (Å²) in [5.41, 5.74) is 0.492. The van der Waals surface area contributed by atoms with Crippen LogP contribution in [0, 0.1) is 12.8 Å². The molecule has 0 spiro atoms. The average molecular weight is 836 g/mol. The second-order valence-corrected chi connectivity index (χ2v) is 20.9. The molecule has 15 nitrogen and oxygen atoms in total. The van der Waals surface area contributed by atoms with Crippen molar-refractivity contribution >= 4 is 54.6 Å². The molecule has 4 amide bonds. The third-order valence-electron chi connectivity index (χ3n) is 10.7. The Morgan fingerprint density at radius 2 is 1.79 bits per heavy atom. The van der Waals surface area contributed by atoms with Crippen LogP contribution in [0.2, 0.25) is 0 Å². The number of carbonyl (C=O) groups is 4. The Hall–Kier alpha value is -5.03. The van der Waals surface area contributed by atoms with E-state index in [1.807, 2.05) is 55.5 Å². The van der Waals surface area contributed by atoms with Gasteiger partial charge >= 0.3 is 6.09 Å². The van der Waals surface area contributed by atoms with Crippen LogP contribution >= 0.6 is 0 Å². The van der Waals surface area contributed by atoms with Crippen LogP contribution in [0.5, 0.6) is 5.75 Å². The number of ether oxygens (including phenoxy) is 2. The normalized spacial score (nSPS) is 26.9. The number of fused-ring (bicyclic) bond motifs is 3. The number of amides is 4. The third kappa shape index (κ3) is 9.30. The highest BCUT2D eigenvalue weighted by Crippen LogP contribution is 2.46. The monoisotopic (exact) mass is 835 g/mol. The van der Waals surface area contributed by atoms with E-state index in [4.69, 9.17) is 14.5 Å². The highest BCUT2D eigenvalue weighted by molar-refractivity contribution is 7.91. The molecular formula is C41H49N5O10S2. The average Bonchev–Trinajstić information content (AvgIpc) is 4.07. The maximum Gasteiger partial charge on any atom is 0.408 e. The highest BCUT2D eigenvalue weighted by atomic mass is 32.2. The van der Waals surface area contributed by atoms with E-state index in [1.165, 1.54) is 4.90 Å². The van der Waals surface area contributed by atoms with Gasteiger partial charge in [0.1, 0.15) is 35.1 Å². The minimum absolute atomic E-state index is 0.0849. The van der Waals surface area contributed by atoms with Crippen molar-refractivity contribution in [3.05, 3.63) is 72.3 Å². The molecule has 2 aromatic carbocycles. The number of rotatable bonds is 7. The number of hydrogen-bond acceptors (Lipinski definition) is 11. The number of aromatic nitrogens is 1. The lowest BCUT2D eigenvalue weighted by Gasteiger charge is -2.30. The molecule has 2 aliphatic heterocycles. The molecule has 17 heteroatoms. The standard InChI is InChI=1S/C41H49N5O10S2/c1-25-14-17-30-32(19-25)42-31(26-11-7-5-8-12-26)21-35(30)55-28-20-34-36(47)44-41(38(49)45-58(53,54)29-15-16-29)22-27(41)13-9-6-10-18-57(51,52)24-33(37(48)46(34)23-28)43-39(50)56-40(2,3)4/h5,7-9,11-14,17,19,21,27-29,33-34H,6,10,15-16,18,20,22-24H2,1-4H3,(H,43,50)(H,44,47)(H,45,49)/b13-9-/t27?,28-,33+,34+,41-/m1/s1. The first-order valence-electron chi connectivity index (χ1n) is 19.5. The number of benzene rings is 2. The van der Waals surface area contributed by atoms with Gasteiger partial charge in [-0.3, -0.25) is 19.1 Å².